The van der Waals surface area contributed by atoms with E-state index in [4.69, 9.17) is 33.5 Å². The van der Waals surface area contributed by atoms with Gasteiger partial charge in [0.2, 0.25) is 5.78 Å². The van der Waals surface area contributed by atoms with Crippen LogP contribution in [0.2, 0.25) is 0 Å². The molecular weight excluding hydrogens is 677 g/mol. The summed E-state index contributed by atoms with van der Waals surface area (Å²) in [5.41, 5.74) is 2.20. The van der Waals surface area contributed by atoms with Crippen molar-refractivity contribution in [1.82, 2.24) is 0 Å². The van der Waals surface area contributed by atoms with Gasteiger partial charge in [-0.2, -0.15) is 0 Å². The maximum absolute atomic E-state index is 14.1. The van der Waals surface area contributed by atoms with Crippen LogP contribution >= 0.6 is 20.2 Å². The van der Waals surface area contributed by atoms with Crippen molar-refractivity contribution >= 4 is 37.6 Å². The molecule has 6 atom stereocenters. The minimum Gasteiger partial charge on any atom is -0.507 e. The molecule has 6 N–H and O–H groups in total. The van der Waals surface area contributed by atoms with E-state index in [0.717, 1.165) is 6.92 Å². The maximum Gasteiger partial charge on any atom is 0.477 e. The highest BCUT2D eigenvalue weighted by atomic mass is 35.5. The van der Waals surface area contributed by atoms with E-state index in [-0.39, 0.29) is 60.0 Å². The number of fused-ring (bicyclic) bond motifs is 3. The number of benzene rings is 2. The Bertz CT molecular complexity index is 1630. The summed E-state index contributed by atoms with van der Waals surface area (Å²) in [6, 6.07) is 3.36. The average Bonchev–Trinajstić information content (AvgIpc) is 3.00. The maximum atomic E-state index is 14.1. The third-order valence-corrected chi connectivity index (χ3v) is 10.1. The van der Waals surface area contributed by atoms with Gasteiger partial charge in [0, 0.05) is 42.0 Å². The van der Waals surface area contributed by atoms with Gasteiger partial charge in [-0.25, -0.2) is 9.09 Å². The lowest BCUT2D eigenvalue weighted by atomic mass is 9.72. The summed E-state index contributed by atoms with van der Waals surface area (Å²) >= 11 is 0. The Balaban J connectivity index is 0.00000520. The molecule has 3 aliphatic rings. The zero-order valence-corrected chi connectivity index (χ0v) is 28.4. The molecule has 264 valence electrons. The van der Waals surface area contributed by atoms with E-state index < -0.39 is 104 Å². The highest BCUT2D eigenvalue weighted by molar-refractivity contribution is 7.48. The van der Waals surface area contributed by atoms with Crippen LogP contribution in [0.5, 0.6) is 17.2 Å². The van der Waals surface area contributed by atoms with Crippen molar-refractivity contribution in [3.8, 4) is 17.2 Å². The van der Waals surface area contributed by atoms with Crippen molar-refractivity contribution in [1.29, 1.82) is 0 Å². The number of aromatic hydroxyl groups is 2. The SMILES string of the molecule is CCOP(=O)(OCC)OCOc1cccc2c1C(=O)c1c(O)c3c(c(O)c1C2=O)C[C@@](O)(C(C)=O)C[C@@H]3OC1CC(N)C(O)C(C)O1.Cl. The van der Waals surface area contributed by atoms with Crippen LogP contribution in [-0.4, -0.2) is 87.9 Å². The number of carbonyl (C=O) groups is 3. The summed E-state index contributed by atoms with van der Waals surface area (Å²) in [4.78, 5) is 40.6. The zero-order chi connectivity index (χ0) is 34.4. The second-order valence-electron chi connectivity index (χ2n) is 11.6. The third-order valence-electron chi connectivity index (χ3n) is 8.58. The number of rotatable bonds is 11. The van der Waals surface area contributed by atoms with E-state index in [1.54, 1.807) is 20.8 Å². The summed E-state index contributed by atoms with van der Waals surface area (Å²) in [5, 5.41) is 44.8. The molecule has 4 unspecified atom stereocenters. The van der Waals surface area contributed by atoms with Crippen molar-refractivity contribution < 1.29 is 67.2 Å². The number of halogens is 1. The predicted molar refractivity (Wildman–Crippen MR) is 168 cm³/mol. The number of aliphatic hydroxyl groups excluding tert-OH is 1. The van der Waals surface area contributed by atoms with Gasteiger partial charge in [-0.05, 0) is 33.8 Å². The Morgan fingerprint density at radius 2 is 1.71 bits per heavy atom. The van der Waals surface area contributed by atoms with E-state index in [0.29, 0.717) is 0 Å². The number of ketones is 3. The van der Waals surface area contributed by atoms with Crippen LogP contribution in [0.3, 0.4) is 0 Å². The quantitative estimate of drug-likeness (QED) is 0.109. The number of phenolic OH excluding ortho intramolecular Hbond substituents is 2. The normalized spacial score (nSPS) is 26.6. The molecule has 15 nitrogen and oxygen atoms in total. The average molecular weight is 716 g/mol. The van der Waals surface area contributed by atoms with Crippen LogP contribution < -0.4 is 10.5 Å². The van der Waals surface area contributed by atoms with E-state index in [1.807, 2.05) is 0 Å². The fourth-order valence-electron chi connectivity index (χ4n) is 6.19. The molecule has 1 fully saturated rings. The predicted octanol–water partition coefficient (Wildman–Crippen LogP) is 2.98. The molecule has 0 amide bonds. The van der Waals surface area contributed by atoms with Gasteiger partial charge < -0.3 is 40.4 Å². The number of phosphoric acid groups is 1. The second-order valence-corrected chi connectivity index (χ2v) is 13.3. The molecule has 1 saturated heterocycles. The molecule has 0 radical (unpaired) electrons. The Morgan fingerprint density at radius 3 is 2.31 bits per heavy atom. The van der Waals surface area contributed by atoms with Crippen LogP contribution in [0, 0.1) is 0 Å². The molecule has 48 heavy (non-hydrogen) atoms. The number of Topliss-reactive ketones (excluding diaryl/α,β-unsaturated/α-hetero) is 1. The minimum atomic E-state index is -3.98. The highest BCUT2D eigenvalue weighted by Crippen LogP contribution is 2.53. The summed E-state index contributed by atoms with van der Waals surface area (Å²) in [6.45, 7) is 5.25. The van der Waals surface area contributed by atoms with E-state index in [2.05, 4.69) is 0 Å². The fourth-order valence-corrected chi connectivity index (χ4v) is 7.23. The first-order chi connectivity index (χ1) is 22.2. The van der Waals surface area contributed by atoms with Gasteiger partial charge in [0.25, 0.3) is 0 Å². The van der Waals surface area contributed by atoms with Gasteiger partial charge >= 0.3 is 7.82 Å². The van der Waals surface area contributed by atoms with Crippen LogP contribution in [0.15, 0.2) is 18.2 Å². The number of ether oxygens (including phenoxy) is 3. The highest BCUT2D eigenvalue weighted by Gasteiger charge is 2.49. The molecule has 0 bridgehead atoms. The molecule has 0 spiro atoms. The number of hydrogen-bond donors (Lipinski definition) is 5. The molecule has 1 heterocycles. The van der Waals surface area contributed by atoms with Crippen LogP contribution in [0.4, 0.5) is 0 Å². The molecular formula is C31H39ClNO14P. The monoisotopic (exact) mass is 715 g/mol. The standard InChI is InChI=1S/C31H38NO14P.ClH/c1-5-42-47(40,43-6-2)44-13-41-19-9-7-8-16-22(19)29(37)25-24(27(16)35)28(36)17-11-31(39,15(4)33)12-20(23(17)30(25)38)46-21-10-18(32)26(34)14(3)45-21;/h7-9,14,18,20-21,26,34,36,38-39H,5-6,10-13,32H2,1-4H3;1H/t14?,18?,20-,21?,26?,31-;/m0./s1. The van der Waals surface area contributed by atoms with Crippen LogP contribution in [-0.2, 0) is 38.8 Å². The first kappa shape index (κ1) is 37.9. The Hall–Kier alpha value is -2.95. The summed E-state index contributed by atoms with van der Waals surface area (Å²) in [6.07, 6.45) is -4.97. The number of carbonyl (C=O) groups excluding carboxylic acids is 3. The molecule has 2 aliphatic carbocycles. The van der Waals surface area contributed by atoms with Crippen molar-refractivity contribution in [3.05, 3.63) is 51.6 Å². The van der Waals surface area contributed by atoms with Crippen LogP contribution in [0.25, 0.3) is 0 Å². The summed E-state index contributed by atoms with van der Waals surface area (Å²) < 4.78 is 45.5. The van der Waals surface area contributed by atoms with Crippen molar-refractivity contribution in [2.75, 3.05) is 20.0 Å². The lowest BCUT2D eigenvalue weighted by Gasteiger charge is -2.42. The molecule has 5 rings (SSSR count). The second kappa shape index (κ2) is 14.5. The number of hydrogen-bond acceptors (Lipinski definition) is 15. The van der Waals surface area contributed by atoms with Crippen molar-refractivity contribution in [2.24, 2.45) is 5.73 Å². The summed E-state index contributed by atoms with van der Waals surface area (Å²) in [7, 11) is -3.98. The number of aliphatic hydroxyl groups is 2. The largest absolute Gasteiger partial charge is 0.507 e. The van der Waals surface area contributed by atoms with Crippen LogP contribution in [0.1, 0.15) is 89.6 Å². The topological polar surface area (TPSA) is 231 Å². The van der Waals surface area contributed by atoms with E-state index in [9.17, 15) is 39.4 Å². The first-order valence-corrected chi connectivity index (χ1v) is 16.6. The fraction of sp³-hybridized carbons (Fsp3) is 0.516. The minimum absolute atomic E-state index is 0. The Labute approximate surface area is 282 Å². The molecule has 0 saturated carbocycles. The lowest BCUT2D eigenvalue weighted by Crippen LogP contribution is -2.52. The third kappa shape index (κ3) is 6.77. The number of phenols is 2. The Morgan fingerprint density at radius 1 is 1.06 bits per heavy atom. The first-order valence-electron chi connectivity index (χ1n) is 15.1. The van der Waals surface area contributed by atoms with Gasteiger partial charge in [-0.15, -0.1) is 12.4 Å². The number of nitrogens with two attached hydrogens (primary N) is 1. The van der Waals surface area contributed by atoms with Gasteiger partial charge in [0.15, 0.2) is 24.6 Å². The van der Waals surface area contributed by atoms with E-state index >= 15 is 0 Å². The zero-order valence-electron chi connectivity index (χ0n) is 26.7. The smallest absolute Gasteiger partial charge is 0.477 e. The van der Waals surface area contributed by atoms with Gasteiger partial charge in [0.05, 0.1) is 48.2 Å². The Kier molecular flexibility index (Phi) is 11.4. The van der Waals surface area contributed by atoms with E-state index in [1.165, 1.54) is 18.2 Å². The van der Waals surface area contributed by atoms with Gasteiger partial charge in [0.1, 0.15) is 22.8 Å². The lowest BCUT2D eigenvalue weighted by molar-refractivity contribution is -0.247. The van der Waals surface area contributed by atoms with Crippen molar-refractivity contribution in [2.45, 2.75) is 83.2 Å². The molecule has 2 aromatic carbocycles. The molecule has 2 aromatic rings. The number of phosphoric ester groups is 1. The molecule has 0 aromatic heterocycles. The van der Waals surface area contributed by atoms with Crippen molar-refractivity contribution in [3.63, 3.8) is 0 Å². The van der Waals surface area contributed by atoms with Gasteiger partial charge in [-0.3, -0.25) is 23.4 Å². The molecule has 17 heteroatoms. The summed E-state index contributed by atoms with van der Waals surface area (Å²) in [5.74, 6) is -3.96. The molecule has 1 aliphatic heterocycles. The van der Waals surface area contributed by atoms with Gasteiger partial charge in [-0.1, -0.05) is 12.1 Å².